The standard InChI is InChI=1S/C12H20N2O3S/c1-3-17-7-8-18(15,16)14(2)10-11-5-4-6-12(13)9-11/h4-6,9H,3,7-8,10,13H2,1-2H3. The maximum Gasteiger partial charge on any atom is 0.216 e. The van der Waals surface area contributed by atoms with Gasteiger partial charge in [-0.15, -0.1) is 0 Å². The molecular weight excluding hydrogens is 252 g/mol. The molecule has 0 saturated carbocycles. The minimum Gasteiger partial charge on any atom is -0.399 e. The smallest absolute Gasteiger partial charge is 0.216 e. The van der Waals surface area contributed by atoms with E-state index in [1.165, 1.54) is 4.31 Å². The minimum atomic E-state index is -3.28. The fourth-order valence-electron chi connectivity index (χ4n) is 1.51. The Hall–Kier alpha value is -1.11. The number of anilines is 1. The molecule has 1 aromatic rings. The lowest BCUT2D eigenvalue weighted by Gasteiger charge is -2.17. The van der Waals surface area contributed by atoms with Crippen molar-refractivity contribution in [3.63, 3.8) is 0 Å². The Morgan fingerprint density at radius 2 is 2.11 bits per heavy atom. The van der Waals surface area contributed by atoms with Gasteiger partial charge >= 0.3 is 0 Å². The highest BCUT2D eigenvalue weighted by molar-refractivity contribution is 7.89. The molecule has 0 fully saturated rings. The van der Waals surface area contributed by atoms with Crippen molar-refractivity contribution >= 4 is 15.7 Å². The van der Waals surface area contributed by atoms with Gasteiger partial charge in [-0.1, -0.05) is 12.1 Å². The third-order valence-corrected chi connectivity index (χ3v) is 4.28. The predicted molar refractivity (Wildman–Crippen MR) is 72.6 cm³/mol. The van der Waals surface area contributed by atoms with Gasteiger partial charge in [0.1, 0.15) is 0 Å². The van der Waals surface area contributed by atoms with Crippen LogP contribution >= 0.6 is 0 Å². The number of nitrogens with zero attached hydrogens (tertiary/aromatic N) is 1. The molecular formula is C12H20N2O3S. The molecule has 0 atom stereocenters. The Morgan fingerprint density at radius 1 is 1.39 bits per heavy atom. The molecule has 0 heterocycles. The summed E-state index contributed by atoms with van der Waals surface area (Å²) in [5.74, 6) is -0.000342. The maximum atomic E-state index is 11.9. The summed E-state index contributed by atoms with van der Waals surface area (Å²) in [6, 6.07) is 7.21. The van der Waals surface area contributed by atoms with Crippen LogP contribution in [-0.4, -0.2) is 38.7 Å². The maximum absolute atomic E-state index is 11.9. The summed E-state index contributed by atoms with van der Waals surface area (Å²) < 4.78 is 30.2. The van der Waals surface area contributed by atoms with E-state index in [2.05, 4.69) is 0 Å². The summed E-state index contributed by atoms with van der Waals surface area (Å²) >= 11 is 0. The van der Waals surface area contributed by atoms with Gasteiger partial charge in [-0.05, 0) is 24.6 Å². The highest BCUT2D eigenvalue weighted by Crippen LogP contribution is 2.11. The molecule has 0 saturated heterocycles. The molecule has 5 nitrogen and oxygen atoms in total. The van der Waals surface area contributed by atoms with Gasteiger partial charge in [-0.2, -0.15) is 0 Å². The van der Waals surface area contributed by atoms with Crippen LogP contribution in [0.1, 0.15) is 12.5 Å². The Bertz CT molecular complexity index is 474. The van der Waals surface area contributed by atoms with E-state index < -0.39 is 10.0 Å². The average Bonchev–Trinajstić information content (AvgIpc) is 2.29. The van der Waals surface area contributed by atoms with Crippen LogP contribution in [0.2, 0.25) is 0 Å². The average molecular weight is 272 g/mol. The second-order valence-electron chi connectivity index (χ2n) is 4.01. The number of rotatable bonds is 7. The lowest BCUT2D eigenvalue weighted by molar-refractivity contribution is 0.162. The summed E-state index contributed by atoms with van der Waals surface area (Å²) in [5.41, 5.74) is 7.16. The molecule has 0 amide bonds. The highest BCUT2D eigenvalue weighted by Gasteiger charge is 2.17. The van der Waals surface area contributed by atoms with Crippen LogP contribution in [0.5, 0.6) is 0 Å². The lowest BCUT2D eigenvalue weighted by atomic mass is 10.2. The van der Waals surface area contributed by atoms with Crippen LogP contribution < -0.4 is 5.73 Å². The van der Waals surface area contributed by atoms with E-state index in [1.54, 1.807) is 19.2 Å². The number of hydrogen-bond acceptors (Lipinski definition) is 4. The molecule has 2 N–H and O–H groups in total. The number of nitrogens with two attached hydrogens (primary N) is 1. The zero-order chi connectivity index (χ0) is 13.6. The Kier molecular flexibility index (Phi) is 5.58. The van der Waals surface area contributed by atoms with Gasteiger partial charge < -0.3 is 10.5 Å². The van der Waals surface area contributed by atoms with E-state index >= 15 is 0 Å². The highest BCUT2D eigenvalue weighted by atomic mass is 32.2. The molecule has 0 spiro atoms. The van der Waals surface area contributed by atoms with Crippen molar-refractivity contribution in [2.24, 2.45) is 0 Å². The van der Waals surface area contributed by atoms with Crippen LogP contribution in [-0.2, 0) is 21.3 Å². The summed E-state index contributed by atoms with van der Waals surface area (Å²) in [6.45, 7) is 2.90. The number of benzene rings is 1. The van der Waals surface area contributed by atoms with E-state index in [-0.39, 0.29) is 12.4 Å². The molecule has 0 aliphatic carbocycles. The topological polar surface area (TPSA) is 72.6 Å². The summed E-state index contributed by atoms with van der Waals surface area (Å²) in [5, 5.41) is 0. The minimum absolute atomic E-state index is 0.000342. The normalized spacial score (nSPS) is 11.9. The molecule has 0 radical (unpaired) electrons. The first-order chi connectivity index (χ1) is 8.45. The van der Waals surface area contributed by atoms with Crippen molar-refractivity contribution in [3.05, 3.63) is 29.8 Å². The first-order valence-electron chi connectivity index (χ1n) is 5.82. The monoisotopic (exact) mass is 272 g/mol. The van der Waals surface area contributed by atoms with Crippen molar-refractivity contribution in [1.29, 1.82) is 0 Å². The van der Waals surface area contributed by atoms with Gasteiger partial charge in [0.25, 0.3) is 0 Å². The Labute approximate surface area is 109 Å². The second-order valence-corrected chi connectivity index (χ2v) is 6.21. The molecule has 0 aliphatic heterocycles. The molecule has 1 aromatic carbocycles. The van der Waals surface area contributed by atoms with Crippen LogP contribution in [0.3, 0.4) is 0 Å². The fourth-order valence-corrected chi connectivity index (χ4v) is 2.50. The Morgan fingerprint density at radius 3 is 2.72 bits per heavy atom. The molecule has 0 aromatic heterocycles. The van der Waals surface area contributed by atoms with E-state index in [9.17, 15) is 8.42 Å². The van der Waals surface area contributed by atoms with Gasteiger partial charge in [0.05, 0.1) is 12.4 Å². The summed E-state index contributed by atoms with van der Waals surface area (Å²) in [6.07, 6.45) is 0. The largest absolute Gasteiger partial charge is 0.399 e. The second kappa shape index (κ2) is 6.72. The molecule has 1 rings (SSSR count). The molecule has 6 heteroatoms. The van der Waals surface area contributed by atoms with Crippen LogP contribution in [0, 0.1) is 0 Å². The third kappa shape index (κ3) is 4.64. The van der Waals surface area contributed by atoms with Gasteiger partial charge in [0.15, 0.2) is 0 Å². The van der Waals surface area contributed by atoms with E-state index in [1.807, 2.05) is 19.1 Å². The van der Waals surface area contributed by atoms with Crippen molar-refractivity contribution in [1.82, 2.24) is 4.31 Å². The number of ether oxygens (including phenoxy) is 1. The molecule has 0 aliphatic rings. The molecule has 102 valence electrons. The fraction of sp³-hybridized carbons (Fsp3) is 0.500. The SMILES string of the molecule is CCOCCS(=O)(=O)N(C)Cc1cccc(N)c1. The molecule has 0 bridgehead atoms. The summed E-state index contributed by atoms with van der Waals surface area (Å²) in [7, 11) is -1.72. The van der Waals surface area contributed by atoms with E-state index in [0.717, 1.165) is 5.56 Å². The first kappa shape index (κ1) is 14.9. The quantitative estimate of drug-likeness (QED) is 0.595. The van der Waals surface area contributed by atoms with Crippen molar-refractivity contribution in [2.75, 3.05) is 31.7 Å². The summed E-state index contributed by atoms with van der Waals surface area (Å²) in [4.78, 5) is 0. The van der Waals surface area contributed by atoms with Crippen LogP contribution in [0.25, 0.3) is 0 Å². The first-order valence-corrected chi connectivity index (χ1v) is 7.43. The number of nitrogen functional groups attached to an aromatic ring is 1. The van der Waals surface area contributed by atoms with E-state index in [0.29, 0.717) is 18.8 Å². The van der Waals surface area contributed by atoms with Gasteiger partial charge in [0.2, 0.25) is 10.0 Å². The molecule has 18 heavy (non-hydrogen) atoms. The van der Waals surface area contributed by atoms with Crippen molar-refractivity contribution in [2.45, 2.75) is 13.5 Å². The van der Waals surface area contributed by atoms with E-state index in [4.69, 9.17) is 10.5 Å². The van der Waals surface area contributed by atoms with Crippen LogP contribution in [0.15, 0.2) is 24.3 Å². The number of hydrogen-bond donors (Lipinski definition) is 1. The van der Waals surface area contributed by atoms with Gasteiger partial charge in [-0.3, -0.25) is 0 Å². The zero-order valence-corrected chi connectivity index (χ0v) is 11.6. The third-order valence-electron chi connectivity index (χ3n) is 2.52. The van der Waals surface area contributed by atoms with Crippen molar-refractivity contribution < 1.29 is 13.2 Å². The molecule has 0 unspecified atom stereocenters. The van der Waals surface area contributed by atoms with Crippen molar-refractivity contribution in [3.8, 4) is 0 Å². The van der Waals surface area contributed by atoms with Gasteiger partial charge in [-0.25, -0.2) is 12.7 Å². The van der Waals surface area contributed by atoms with Gasteiger partial charge in [0, 0.05) is 25.9 Å². The van der Waals surface area contributed by atoms with Crippen LogP contribution in [0.4, 0.5) is 5.69 Å². The predicted octanol–water partition coefficient (Wildman–Crippen LogP) is 1.07. The Balaban J connectivity index is 2.61. The lowest BCUT2D eigenvalue weighted by Crippen LogP contribution is -2.30. The number of sulfonamides is 1. The zero-order valence-electron chi connectivity index (χ0n) is 10.8.